The molecule has 1 aliphatic heterocycles. The van der Waals surface area contributed by atoms with Crippen LogP contribution in [0.15, 0.2) is 23.2 Å². The van der Waals surface area contributed by atoms with Crippen molar-refractivity contribution in [2.24, 2.45) is 10.9 Å². The number of piperazine rings is 1. The average molecular weight is 271 g/mol. The molecule has 0 radical (unpaired) electrons. The van der Waals surface area contributed by atoms with E-state index in [9.17, 15) is 0 Å². The van der Waals surface area contributed by atoms with Gasteiger partial charge in [-0.25, -0.2) is 0 Å². The second kappa shape index (κ2) is 6.06. The Morgan fingerprint density at radius 3 is 2.45 bits per heavy atom. The lowest BCUT2D eigenvalue weighted by atomic mass is 10.1. The molecule has 1 saturated carbocycles. The van der Waals surface area contributed by atoms with E-state index in [1.54, 1.807) is 0 Å². The molecule has 1 aliphatic carbocycles. The smallest absolute Gasteiger partial charge is 0.0688 e. The van der Waals surface area contributed by atoms with E-state index < -0.39 is 0 Å². The number of benzene rings is 1. The van der Waals surface area contributed by atoms with Gasteiger partial charge in [0.25, 0.3) is 0 Å². The number of hydrogen-bond donors (Lipinski definition) is 1. The predicted octanol–water partition coefficient (Wildman–Crippen LogP) is 2.69. The monoisotopic (exact) mass is 271 g/mol. The first-order valence-corrected chi connectivity index (χ1v) is 7.81. The molecule has 1 N–H and O–H groups in total. The lowest BCUT2D eigenvalue weighted by molar-refractivity contribution is 0.270. The van der Waals surface area contributed by atoms with Crippen LogP contribution in [0.3, 0.4) is 0 Å². The first-order chi connectivity index (χ1) is 9.74. The summed E-state index contributed by atoms with van der Waals surface area (Å²) in [7, 11) is 0. The van der Waals surface area contributed by atoms with Crippen molar-refractivity contribution in [2.75, 3.05) is 32.7 Å². The number of rotatable bonds is 4. The van der Waals surface area contributed by atoms with Crippen molar-refractivity contribution in [1.29, 1.82) is 0 Å². The van der Waals surface area contributed by atoms with Crippen LogP contribution >= 0.6 is 0 Å². The lowest BCUT2D eigenvalue weighted by Crippen LogP contribution is -2.45. The molecule has 3 rings (SSSR count). The molecule has 2 aliphatic rings. The van der Waals surface area contributed by atoms with E-state index in [-0.39, 0.29) is 0 Å². The fourth-order valence-electron chi connectivity index (χ4n) is 2.90. The normalized spacial score (nSPS) is 21.2. The first-order valence-electron chi connectivity index (χ1n) is 7.81. The Kier molecular flexibility index (Phi) is 4.18. The first kappa shape index (κ1) is 13.8. The second-order valence-corrected chi connectivity index (χ2v) is 6.14. The number of hydrogen-bond acceptors (Lipinski definition) is 3. The molecular formula is C17H25N3. The number of nitrogens with zero attached hydrogens (tertiary/aromatic N) is 2. The minimum atomic E-state index is 0.740. The van der Waals surface area contributed by atoms with Crippen LogP contribution in [0.1, 0.15) is 24.0 Å². The van der Waals surface area contributed by atoms with Crippen molar-refractivity contribution in [3.8, 4) is 0 Å². The summed E-state index contributed by atoms with van der Waals surface area (Å²) in [5, 5.41) is 3.42. The van der Waals surface area contributed by atoms with Gasteiger partial charge in [0.1, 0.15) is 0 Å². The maximum absolute atomic E-state index is 5.07. The minimum absolute atomic E-state index is 0.740. The van der Waals surface area contributed by atoms with E-state index in [0.29, 0.717) is 0 Å². The summed E-state index contributed by atoms with van der Waals surface area (Å²) in [5.41, 5.74) is 5.20. The molecule has 0 unspecified atom stereocenters. The van der Waals surface area contributed by atoms with Crippen LogP contribution < -0.4 is 5.32 Å². The van der Waals surface area contributed by atoms with Crippen molar-refractivity contribution in [1.82, 2.24) is 10.2 Å². The molecule has 3 nitrogen and oxygen atoms in total. The van der Waals surface area contributed by atoms with Crippen molar-refractivity contribution >= 4 is 11.4 Å². The van der Waals surface area contributed by atoms with Gasteiger partial charge in [-0.1, -0.05) is 18.2 Å². The second-order valence-electron chi connectivity index (χ2n) is 6.14. The van der Waals surface area contributed by atoms with Gasteiger partial charge < -0.3 is 5.32 Å². The molecule has 2 fully saturated rings. The highest BCUT2D eigenvalue weighted by atomic mass is 15.2. The highest BCUT2D eigenvalue weighted by Gasteiger charge is 2.29. The van der Waals surface area contributed by atoms with Gasteiger partial charge in [0, 0.05) is 38.4 Å². The average Bonchev–Trinajstić information content (AvgIpc) is 3.27. The Bertz CT molecular complexity index is 477. The Morgan fingerprint density at radius 1 is 1.20 bits per heavy atom. The van der Waals surface area contributed by atoms with Crippen molar-refractivity contribution in [2.45, 2.75) is 26.7 Å². The van der Waals surface area contributed by atoms with Crippen LogP contribution in [0.4, 0.5) is 5.69 Å². The molecule has 1 aromatic rings. The third-order valence-electron chi connectivity index (χ3n) is 4.34. The van der Waals surface area contributed by atoms with Crippen LogP contribution in [0.25, 0.3) is 0 Å². The highest BCUT2D eigenvalue weighted by molar-refractivity contribution is 5.93. The highest BCUT2D eigenvalue weighted by Crippen LogP contribution is 2.34. The minimum Gasteiger partial charge on any atom is -0.314 e. The van der Waals surface area contributed by atoms with Gasteiger partial charge >= 0.3 is 0 Å². The Hall–Kier alpha value is -1.19. The maximum atomic E-state index is 5.07. The van der Waals surface area contributed by atoms with Gasteiger partial charge in [0.05, 0.1) is 5.69 Å². The zero-order chi connectivity index (χ0) is 13.9. The third kappa shape index (κ3) is 3.28. The van der Waals surface area contributed by atoms with Gasteiger partial charge in [-0.3, -0.25) is 9.89 Å². The molecule has 0 atom stereocenters. The van der Waals surface area contributed by atoms with Gasteiger partial charge in [-0.2, -0.15) is 0 Å². The maximum Gasteiger partial charge on any atom is 0.0688 e. The van der Waals surface area contributed by atoms with E-state index in [1.165, 1.54) is 35.4 Å². The van der Waals surface area contributed by atoms with E-state index in [0.717, 1.165) is 38.6 Å². The summed E-state index contributed by atoms with van der Waals surface area (Å²) in [6.45, 7) is 9.92. The van der Waals surface area contributed by atoms with Crippen molar-refractivity contribution in [3.05, 3.63) is 29.3 Å². The number of aliphatic imine (C=N–C) groups is 1. The Labute approximate surface area is 122 Å². The summed E-state index contributed by atoms with van der Waals surface area (Å²) >= 11 is 0. The topological polar surface area (TPSA) is 27.6 Å². The van der Waals surface area contributed by atoms with Crippen molar-refractivity contribution < 1.29 is 0 Å². The molecule has 0 amide bonds. The van der Waals surface area contributed by atoms with Crippen LogP contribution in [0.2, 0.25) is 0 Å². The summed E-state index contributed by atoms with van der Waals surface area (Å²) in [5.74, 6) is 0.740. The van der Waals surface area contributed by atoms with E-state index in [2.05, 4.69) is 42.3 Å². The standard InChI is InChI=1S/C17H25N3/c1-13-4-3-5-14(2)17(13)19-16(15-6-7-15)12-20-10-8-18-9-11-20/h3-5,15,18H,6-12H2,1-2H3. The van der Waals surface area contributed by atoms with Crippen LogP contribution in [-0.2, 0) is 0 Å². The SMILES string of the molecule is Cc1cccc(C)c1N=C(CN1CCNCC1)C1CC1. The number of aryl methyl sites for hydroxylation is 2. The van der Waals surface area contributed by atoms with Gasteiger partial charge in [0.2, 0.25) is 0 Å². The molecule has 1 heterocycles. The van der Waals surface area contributed by atoms with Gasteiger partial charge in [0.15, 0.2) is 0 Å². The molecule has 0 aromatic heterocycles. The van der Waals surface area contributed by atoms with Gasteiger partial charge in [-0.15, -0.1) is 0 Å². The van der Waals surface area contributed by atoms with Gasteiger partial charge in [-0.05, 0) is 43.7 Å². The summed E-state index contributed by atoms with van der Waals surface area (Å²) in [6, 6.07) is 6.46. The van der Waals surface area contributed by atoms with Crippen LogP contribution in [0, 0.1) is 19.8 Å². The quantitative estimate of drug-likeness (QED) is 0.853. The number of nitrogens with one attached hydrogen (secondary N) is 1. The largest absolute Gasteiger partial charge is 0.314 e. The predicted molar refractivity (Wildman–Crippen MR) is 85.0 cm³/mol. The molecule has 0 spiro atoms. The zero-order valence-corrected chi connectivity index (χ0v) is 12.7. The lowest BCUT2D eigenvalue weighted by Gasteiger charge is -2.27. The van der Waals surface area contributed by atoms with E-state index in [1.807, 2.05) is 0 Å². The molecule has 1 saturated heterocycles. The summed E-state index contributed by atoms with van der Waals surface area (Å²) in [6.07, 6.45) is 2.66. The molecular weight excluding hydrogens is 246 g/mol. The molecule has 108 valence electrons. The summed E-state index contributed by atoms with van der Waals surface area (Å²) in [4.78, 5) is 7.61. The van der Waals surface area contributed by atoms with Crippen LogP contribution in [0.5, 0.6) is 0 Å². The zero-order valence-electron chi connectivity index (χ0n) is 12.7. The van der Waals surface area contributed by atoms with Crippen LogP contribution in [-0.4, -0.2) is 43.3 Å². The Morgan fingerprint density at radius 2 is 1.85 bits per heavy atom. The molecule has 20 heavy (non-hydrogen) atoms. The number of para-hydroxylation sites is 1. The molecule has 3 heteroatoms. The van der Waals surface area contributed by atoms with Crippen molar-refractivity contribution in [3.63, 3.8) is 0 Å². The fourth-order valence-corrected chi connectivity index (χ4v) is 2.90. The molecule has 1 aromatic carbocycles. The molecule has 0 bridgehead atoms. The van der Waals surface area contributed by atoms with E-state index in [4.69, 9.17) is 4.99 Å². The fraction of sp³-hybridized carbons (Fsp3) is 0.588. The van der Waals surface area contributed by atoms with E-state index >= 15 is 0 Å². The summed E-state index contributed by atoms with van der Waals surface area (Å²) < 4.78 is 0. The third-order valence-corrected chi connectivity index (χ3v) is 4.34. The Balaban J connectivity index is 1.80.